The Kier molecular flexibility index (Phi) is 31.7. The van der Waals surface area contributed by atoms with Gasteiger partial charge in [-0.25, -0.2) is 0 Å². The van der Waals surface area contributed by atoms with E-state index in [-0.39, 0.29) is 25.8 Å². The second-order valence-corrected chi connectivity index (χ2v) is 59.1. The molecule has 0 fully saturated rings. The van der Waals surface area contributed by atoms with Gasteiger partial charge in [-0.05, 0) is 0 Å². The molecule has 0 unspecified atom stereocenters. The van der Waals surface area contributed by atoms with Crippen LogP contribution in [-0.2, 0) is 10.8 Å². The maximum absolute atomic E-state index is 10.1. The summed E-state index contributed by atoms with van der Waals surface area (Å²) in [4.78, 5) is 15.5. The minimum atomic E-state index is -2.83. The fourth-order valence-electron chi connectivity index (χ4n) is 15.2. The molecule has 1 aromatic heterocycles. The number of hydrogen-bond acceptors (Lipinski definition) is 4. The van der Waals surface area contributed by atoms with Gasteiger partial charge in [-0.15, -0.1) is 0 Å². The summed E-state index contributed by atoms with van der Waals surface area (Å²) in [6, 6.07) is 8.46. The zero-order valence-electron chi connectivity index (χ0n) is 55.1. The Morgan fingerprint density at radius 1 is 0.427 bits per heavy atom. The number of rotatable bonds is 46. The first-order valence-electron chi connectivity index (χ1n) is 35.5. The van der Waals surface area contributed by atoms with Crippen LogP contribution in [0.3, 0.4) is 0 Å². The molecule has 8 heteroatoms. The third-order valence-electron chi connectivity index (χ3n) is 20.1. The molecule has 0 atom stereocenters. The molecule has 6 rings (SSSR count). The van der Waals surface area contributed by atoms with Gasteiger partial charge in [0.25, 0.3) is 0 Å². The predicted molar refractivity (Wildman–Crippen MR) is 372 cm³/mol. The van der Waals surface area contributed by atoms with Crippen LogP contribution < -0.4 is 3.58 Å². The number of unbranched alkanes of at least 4 members (excludes halogenated alkanes) is 36. The smallest absolute Gasteiger partial charge is 0.0654 e. The van der Waals surface area contributed by atoms with Crippen molar-refractivity contribution in [3.63, 3.8) is 0 Å². The molecule has 3 aliphatic rings. The van der Waals surface area contributed by atoms with E-state index in [1.807, 2.05) is 0 Å². The van der Waals surface area contributed by atoms with Gasteiger partial charge in [-0.1, -0.05) is 105 Å². The quantitative estimate of drug-likeness (QED) is 0.0348. The van der Waals surface area contributed by atoms with Crippen LogP contribution in [0.4, 0.5) is 0 Å². The summed E-state index contributed by atoms with van der Waals surface area (Å²) < 4.78 is 19.1. The molecule has 1 heterocycles. The van der Waals surface area contributed by atoms with Crippen molar-refractivity contribution >= 4 is 99.6 Å². The number of nitrogens with one attached hydrogen (secondary N) is 1. The Labute approximate surface area is 529 Å². The van der Waals surface area contributed by atoms with E-state index in [0.717, 1.165) is 5.71 Å². The van der Waals surface area contributed by atoms with E-state index in [0.29, 0.717) is 5.71 Å². The molecule has 0 bridgehead atoms. The van der Waals surface area contributed by atoms with Gasteiger partial charge >= 0.3 is 430 Å². The molecule has 2 aromatic carbocycles. The molecule has 82 heavy (non-hydrogen) atoms. The van der Waals surface area contributed by atoms with Crippen LogP contribution in [0.1, 0.15) is 332 Å². The van der Waals surface area contributed by atoms with Gasteiger partial charge in [0.15, 0.2) is 0 Å². The van der Waals surface area contributed by atoms with Crippen LogP contribution in [0, 0.1) is 5.41 Å². The summed E-state index contributed by atoms with van der Waals surface area (Å²) in [6.45, 7) is 9.34. The zero-order chi connectivity index (χ0) is 58.9. The minimum Gasteiger partial charge on any atom is -0.0654 e. The second-order valence-electron chi connectivity index (χ2n) is 28.8. The Balaban J connectivity index is 1.48. The Morgan fingerprint density at radius 3 is 1.13 bits per heavy atom. The van der Waals surface area contributed by atoms with Crippen molar-refractivity contribution in [2.24, 2.45) is 4.01 Å². The molecule has 1 radical (unpaired) electrons. The average Bonchev–Trinajstić information content (AvgIpc) is 1.67. The van der Waals surface area contributed by atoms with Crippen LogP contribution in [0.15, 0.2) is 37.4 Å². The summed E-state index contributed by atoms with van der Waals surface area (Å²) in [5.41, 5.74) is 16.2. The first-order valence-corrected chi connectivity index (χ1v) is 57.8. The Hall–Kier alpha value is -0.504. The summed E-state index contributed by atoms with van der Waals surface area (Å²) in [6.07, 6.45) is 62.1. The number of aromatic nitrogens is 2. The van der Waals surface area contributed by atoms with E-state index in [9.17, 15) is 5.41 Å². The molecule has 3 aliphatic carbocycles. The molecule has 0 spiro atoms. The van der Waals surface area contributed by atoms with Gasteiger partial charge in [0.05, 0.1) is 0 Å². The van der Waals surface area contributed by atoms with E-state index >= 15 is 0 Å². The van der Waals surface area contributed by atoms with Gasteiger partial charge in [-0.3, -0.25) is 0 Å². The van der Waals surface area contributed by atoms with Crippen LogP contribution in [0.2, 0.25) is 29.6 Å². The van der Waals surface area contributed by atoms with Crippen LogP contribution in [-0.4, -0.2) is 87.3 Å². The fraction of sp³-hybridized carbons (Fsp3) is 0.757. The predicted octanol–water partition coefficient (Wildman–Crippen LogP) is 23.1. The summed E-state index contributed by atoms with van der Waals surface area (Å²) in [5.74, 6) is 0. The third-order valence-corrected chi connectivity index (χ3v) is 33.1. The minimum absolute atomic E-state index is 0.0637. The molecular formula is C74H123N4Se2Sn2. The first kappa shape index (κ1) is 70.6. The molecule has 459 valence electrons. The Bertz CT molecular complexity index is 2430. The van der Waals surface area contributed by atoms with Gasteiger partial charge in [0, 0.05) is 0 Å². The van der Waals surface area contributed by atoms with Crippen molar-refractivity contribution in [1.82, 2.24) is 7.96 Å². The second kappa shape index (κ2) is 36.8. The van der Waals surface area contributed by atoms with E-state index < -0.39 is 36.8 Å². The molecule has 0 amide bonds. The SMILES string of the molecule is CCCCCCCCCCCCC1(CCCCCCCCCCCC)C2=C(/C(=N/[Se])C(=N)[C]([Sn]([CH3])([CH3])[CH3])=C2)c2cc3c(cc21)-c1c(c[c]([Sn]([CH3])([CH3])[CH3])c2n[se]nc12)C3(CCCCCCCCCCCC)CCCCCCCCCCCC. The van der Waals surface area contributed by atoms with Crippen molar-refractivity contribution in [3.05, 3.63) is 55.7 Å². The number of hydrogen-bond donors (Lipinski definition) is 1. The number of fused-ring (bicyclic) bond motifs is 7. The molecule has 1 N–H and O–H groups in total. The van der Waals surface area contributed by atoms with E-state index in [1.165, 1.54) is 319 Å². The van der Waals surface area contributed by atoms with Gasteiger partial charge in [0.2, 0.25) is 0 Å². The van der Waals surface area contributed by atoms with Gasteiger partial charge in [0.1, 0.15) is 0 Å². The van der Waals surface area contributed by atoms with Crippen molar-refractivity contribution in [1.29, 1.82) is 5.41 Å². The number of nitrogens with zero attached hydrogens (tertiary/aromatic N) is 3. The summed E-state index contributed by atoms with van der Waals surface area (Å²) in [7, 11) is 0. The summed E-state index contributed by atoms with van der Waals surface area (Å²) in [5, 5.41) is 10.1. The molecular weight excluding hydrogens is 1340 g/mol. The molecule has 0 saturated carbocycles. The topological polar surface area (TPSA) is 62.0 Å². The van der Waals surface area contributed by atoms with E-state index in [2.05, 4.69) is 97.8 Å². The van der Waals surface area contributed by atoms with Crippen LogP contribution in [0.5, 0.6) is 0 Å². The molecule has 0 aliphatic heterocycles. The number of benzene rings is 2. The average molecular weight is 1460 g/mol. The standard InChI is InChI=1S/C68H105N4Se2.6CH3.2Sn/c1-5-9-13-17-21-25-29-33-37-41-49-67(50-42-38-34-30-26-22-18-14-10-6-2)57-45-47-61(69)65(70-73)63(57)55-53-60-56(54-59(55)67)64-58(46-48-62-66(64)72-74-71-62)68(60,51-43-39-35-31-27-23-19-15-11-7-3)52-44-40-36-32-28-24-20-16-12-8-4;;;;;;;;/h45-46,53-54,69H,5-44,49-52H2,1-4H3;6*1H3;;/b69-61?,70-65+;;;;;;;;. The van der Waals surface area contributed by atoms with E-state index in [4.69, 9.17) is 12.0 Å². The number of allylic oxidation sites excluding steroid dienone is 4. The van der Waals surface area contributed by atoms with E-state index in [1.54, 1.807) is 25.8 Å². The van der Waals surface area contributed by atoms with Crippen LogP contribution >= 0.6 is 0 Å². The fourth-order valence-corrected chi connectivity index (χ4v) is 25.6. The summed E-state index contributed by atoms with van der Waals surface area (Å²) >= 11 is -2.43. The van der Waals surface area contributed by atoms with Crippen molar-refractivity contribution in [2.45, 2.75) is 351 Å². The maximum atomic E-state index is 10.1. The monoisotopic (exact) mass is 1470 g/mol. The first-order chi connectivity index (χ1) is 39.7. The van der Waals surface area contributed by atoms with Crippen molar-refractivity contribution in [3.8, 4) is 11.1 Å². The Morgan fingerprint density at radius 2 is 0.768 bits per heavy atom. The van der Waals surface area contributed by atoms with Crippen LogP contribution in [0.25, 0.3) is 27.7 Å². The molecule has 4 nitrogen and oxygen atoms in total. The zero-order valence-corrected chi connectivity index (χ0v) is 64.2. The van der Waals surface area contributed by atoms with Crippen molar-refractivity contribution < 1.29 is 0 Å². The third kappa shape index (κ3) is 19.3. The van der Waals surface area contributed by atoms with Gasteiger partial charge < -0.3 is 0 Å². The van der Waals surface area contributed by atoms with Gasteiger partial charge in [-0.2, -0.15) is 0 Å². The molecule has 3 aromatic rings. The van der Waals surface area contributed by atoms with Crippen molar-refractivity contribution in [2.75, 3.05) is 0 Å². The normalized spacial score (nSPS) is 16.0. The molecule has 0 saturated heterocycles.